The number of hydrogen-bond donors (Lipinski definition) is 7. The lowest BCUT2D eigenvalue weighted by Crippen LogP contribution is -2.71. The van der Waals surface area contributed by atoms with E-state index in [4.69, 9.17) is 43.6 Å². The summed E-state index contributed by atoms with van der Waals surface area (Å²) in [5.74, 6) is -3.04. The molecule has 13 atom stereocenters. The Bertz CT molecular complexity index is 4140. The number of nitrogens with zero attached hydrogens (tertiary/aromatic N) is 1. The van der Waals surface area contributed by atoms with Gasteiger partial charge in [-0.05, 0) is 129 Å². The van der Waals surface area contributed by atoms with E-state index in [2.05, 4.69) is 33.1 Å². The molecular weight excluding hydrogens is 1510 g/mol. The highest BCUT2D eigenvalue weighted by Crippen LogP contribution is 2.72. The summed E-state index contributed by atoms with van der Waals surface area (Å²) in [6, 6.07) is 19.4. The van der Waals surface area contributed by atoms with E-state index in [-0.39, 0.29) is 159 Å². The Balaban J connectivity index is 0.640. The van der Waals surface area contributed by atoms with Crippen LogP contribution in [0.25, 0.3) is 0 Å². The molecule has 2 aliphatic heterocycles. The highest BCUT2D eigenvalue weighted by atomic mass is 19.1. The topological polar surface area (TPSA) is 397 Å². The molecule has 3 saturated carbocycles. The number of fused-ring (bicyclic) bond motifs is 9. The molecule has 0 aromatic heterocycles. The lowest BCUT2D eigenvalue weighted by atomic mass is 9.44. The van der Waals surface area contributed by atoms with Crippen LogP contribution in [0.5, 0.6) is 0 Å². The molecule has 9 rings (SSSR count). The van der Waals surface area contributed by atoms with Gasteiger partial charge in [0.15, 0.2) is 40.7 Å². The number of nitrogens with two attached hydrogens (primary N) is 1. The number of anilines is 2. The monoisotopic (exact) mass is 1620 g/mol. The zero-order chi connectivity index (χ0) is 83.7. The van der Waals surface area contributed by atoms with Crippen LogP contribution in [0, 0.1) is 52.3 Å². The van der Waals surface area contributed by atoms with Crippen molar-refractivity contribution in [3.63, 3.8) is 0 Å². The third-order valence-corrected chi connectivity index (χ3v) is 23.0. The number of para-hydroxylation sites is 1. The number of alkyl halides is 2. The Morgan fingerprint density at radius 2 is 1.37 bits per heavy atom. The van der Waals surface area contributed by atoms with Gasteiger partial charge in [-0.2, -0.15) is 0 Å². The van der Waals surface area contributed by atoms with E-state index < -0.39 is 155 Å². The predicted octanol–water partition coefficient (Wildman–Crippen LogP) is 8.74. The number of primary amides is 1. The van der Waals surface area contributed by atoms with Gasteiger partial charge in [0, 0.05) is 110 Å². The standard InChI is InChI=1S/C86H110F2N6O22/c1-6-13-77-115-74-48-66-67-47-69(87)68-46-63(96)30-33-83(68,4)85(67,88)72(100)49-84(66,5)86(74,116-77)73(101)53-113-37-32-65(98)50-91-82(108)114-52-55-20-25-61(26-21-55)92-79(105)58(17-11-34-90-81(89)107)45-71(99)78(54(2)3)93-80(106)59(24-29-76(103)104)44-64(97)31-36-110-39-41-112-43-42-111-40-38-109-35-12-18-62(95)27-28-75(102)94-51-60-16-8-7-14-56(60)22-23-57-15-9-10-19-70(57)94/h7-10,14-16,19-21,25-26,30,33,46,54,58-59,66-67,69,72,74,77-78,100H,6,11-13,17-18,24,27-29,31-32,34-45,47-53H2,1-5H3,(H,91,108)(H,92,105)(H,93,106)(H,103,104)(H3,89,90,107)/t58-,59-,66+,67+,69+,72+,74-,77?,78+,83+,84+,85+,86-/m1/s1. The van der Waals surface area contributed by atoms with Crippen LogP contribution in [0.2, 0.25) is 0 Å². The van der Waals surface area contributed by atoms with E-state index in [9.17, 15) is 67.7 Å². The SMILES string of the molecule is CCCC1O[C@@H]2C[C@H]3[C@@H]4C[C@H](F)C5=CC(=O)C=C[C@]5(C)[C@@]4(F)[C@@H](O)C[C@]3(C)[C@]2(C(=O)COCCC(=O)CNC(=O)OCc2ccc(NC(=O)[C@H](CCCNC(N)=O)CC(=O)[C@@H](NC(=O)[C@H](CCC(=O)O)CC(=O)CCOCCOCCOCCOCCCC(=O)CCC(=O)N3Cc4ccccc4C#Cc4ccccc43)C(C)C)cc2)O1. The highest BCUT2D eigenvalue weighted by Gasteiger charge is 2.80. The molecule has 3 aromatic carbocycles. The van der Waals surface area contributed by atoms with Gasteiger partial charge in [0.05, 0.1) is 89.9 Å². The van der Waals surface area contributed by atoms with Crippen molar-refractivity contribution in [1.29, 1.82) is 0 Å². The van der Waals surface area contributed by atoms with Gasteiger partial charge in [-0.1, -0.05) is 94.5 Å². The Hall–Kier alpha value is -9.32. The highest BCUT2D eigenvalue weighted by molar-refractivity contribution is 6.02. The second-order valence-electron chi connectivity index (χ2n) is 31.3. The van der Waals surface area contributed by atoms with Crippen LogP contribution in [-0.2, 0) is 99.0 Å². The summed E-state index contributed by atoms with van der Waals surface area (Å²) in [7, 11) is 0. The number of urea groups is 1. The fourth-order valence-electron chi connectivity index (χ4n) is 16.9. The quantitative estimate of drug-likeness (QED) is 0.0205. The van der Waals surface area contributed by atoms with E-state index in [1.807, 2.05) is 55.5 Å². The first-order valence-electron chi connectivity index (χ1n) is 40.2. The maximum Gasteiger partial charge on any atom is 0.407 e. The Kier molecular flexibility index (Phi) is 33.3. The zero-order valence-corrected chi connectivity index (χ0v) is 66.7. The van der Waals surface area contributed by atoms with Crippen LogP contribution < -0.4 is 31.9 Å². The fourth-order valence-corrected chi connectivity index (χ4v) is 16.9. The number of carboxylic acid groups (broad SMARTS) is 1. The lowest BCUT2D eigenvalue weighted by molar-refractivity contribution is -0.235. The first kappa shape index (κ1) is 90.6. The molecule has 116 heavy (non-hydrogen) atoms. The van der Waals surface area contributed by atoms with E-state index in [0.717, 1.165) is 28.5 Å². The number of amides is 6. The van der Waals surface area contributed by atoms with E-state index in [0.29, 0.717) is 56.9 Å². The zero-order valence-electron chi connectivity index (χ0n) is 66.7. The van der Waals surface area contributed by atoms with E-state index in [1.165, 1.54) is 31.2 Å². The lowest BCUT2D eigenvalue weighted by Gasteiger charge is -2.63. The summed E-state index contributed by atoms with van der Waals surface area (Å²) in [5, 5.41) is 31.8. The summed E-state index contributed by atoms with van der Waals surface area (Å²) >= 11 is 0. The summed E-state index contributed by atoms with van der Waals surface area (Å²) in [4.78, 5) is 159. The minimum Gasteiger partial charge on any atom is -0.481 e. The number of Topliss-reactive ketones (excluding diaryl/α,β-unsaturated/α-hetero) is 5. The predicted molar refractivity (Wildman–Crippen MR) is 418 cm³/mol. The van der Waals surface area contributed by atoms with Gasteiger partial charge >= 0.3 is 18.1 Å². The number of allylic oxidation sites excluding steroid dienone is 4. The minimum atomic E-state index is -2.38. The molecule has 30 heteroatoms. The molecule has 0 radical (unpaired) electrons. The average Bonchev–Trinajstić information content (AvgIpc) is 1.44. The van der Waals surface area contributed by atoms with Crippen LogP contribution in [-0.4, -0.2) is 202 Å². The minimum absolute atomic E-state index is 0.00691. The molecule has 3 aromatic rings. The van der Waals surface area contributed by atoms with Crippen molar-refractivity contribution in [2.24, 2.45) is 46.2 Å². The van der Waals surface area contributed by atoms with Crippen LogP contribution in [0.3, 0.4) is 0 Å². The number of carboxylic acids is 1. The van der Waals surface area contributed by atoms with Crippen molar-refractivity contribution in [2.45, 2.75) is 199 Å². The maximum absolute atomic E-state index is 17.9. The number of benzene rings is 3. The molecule has 1 saturated heterocycles. The van der Waals surface area contributed by atoms with Crippen LogP contribution in [0.1, 0.15) is 166 Å². The summed E-state index contributed by atoms with van der Waals surface area (Å²) < 4.78 is 80.5. The Labute approximate surface area is 674 Å². The van der Waals surface area contributed by atoms with Gasteiger partial charge in [-0.25, -0.2) is 18.4 Å². The molecular formula is C86H110F2N6O22. The number of carbonyl (C=O) groups is 12. The number of halogens is 2. The number of nitrogens with one attached hydrogen (secondary N) is 4. The maximum atomic E-state index is 17.9. The van der Waals surface area contributed by atoms with E-state index in [1.54, 1.807) is 37.8 Å². The van der Waals surface area contributed by atoms with Crippen molar-refractivity contribution in [1.82, 2.24) is 16.0 Å². The first-order chi connectivity index (χ1) is 55.5. The number of alkyl carbamates (subject to hydrolysis) is 1. The summed E-state index contributed by atoms with van der Waals surface area (Å²) in [5.41, 5.74) is 2.36. The summed E-state index contributed by atoms with van der Waals surface area (Å²) in [6.07, 6.45) is -1.97. The number of rotatable bonds is 48. The number of hydrogen-bond acceptors (Lipinski definition) is 21. The van der Waals surface area contributed by atoms with Crippen molar-refractivity contribution < 1.29 is 114 Å². The van der Waals surface area contributed by atoms with Gasteiger partial charge < -0.3 is 80.0 Å². The smallest absolute Gasteiger partial charge is 0.407 e. The molecule has 0 bridgehead atoms. The second-order valence-corrected chi connectivity index (χ2v) is 31.3. The van der Waals surface area contributed by atoms with Crippen molar-refractivity contribution in [3.05, 3.63) is 119 Å². The molecule has 0 spiro atoms. The number of aliphatic hydroxyl groups is 1. The first-order valence-corrected chi connectivity index (χ1v) is 40.2. The molecule has 4 aliphatic carbocycles. The number of ether oxygens (including phenoxy) is 8. The van der Waals surface area contributed by atoms with Gasteiger partial charge in [0.1, 0.15) is 31.0 Å². The average molecular weight is 1620 g/mol. The molecule has 6 amide bonds. The number of carbonyl (C=O) groups excluding carboxylic acids is 11. The van der Waals surface area contributed by atoms with Gasteiger partial charge in [-0.3, -0.25) is 47.9 Å². The van der Waals surface area contributed by atoms with Crippen molar-refractivity contribution >= 4 is 81.9 Å². The third-order valence-electron chi connectivity index (χ3n) is 23.0. The van der Waals surface area contributed by atoms with Crippen LogP contribution >= 0.6 is 0 Å². The normalized spacial score (nSPS) is 24.1. The molecule has 28 nitrogen and oxygen atoms in total. The van der Waals surface area contributed by atoms with Gasteiger partial charge in [-0.15, -0.1) is 0 Å². The van der Waals surface area contributed by atoms with Crippen molar-refractivity contribution in [2.75, 3.05) is 89.4 Å². The molecule has 8 N–H and O–H groups in total. The number of aliphatic carboxylic acids is 1. The number of ketones is 6. The third kappa shape index (κ3) is 23.1. The fraction of sp³-hybridized carbons (Fsp3) is 0.581. The Morgan fingerprint density at radius 1 is 0.716 bits per heavy atom. The largest absolute Gasteiger partial charge is 0.481 e. The number of aliphatic hydroxyl groups excluding tert-OH is 1. The molecule has 4 fully saturated rings. The van der Waals surface area contributed by atoms with Crippen molar-refractivity contribution in [3.8, 4) is 11.8 Å². The van der Waals surface area contributed by atoms with Crippen LogP contribution in [0.15, 0.2) is 96.6 Å². The van der Waals surface area contributed by atoms with E-state index >= 15 is 8.78 Å². The molecule has 1 unspecified atom stereocenters. The second kappa shape index (κ2) is 42.7. The molecule has 6 aliphatic rings. The Morgan fingerprint density at radius 3 is 2.07 bits per heavy atom. The summed E-state index contributed by atoms with van der Waals surface area (Å²) in [6.45, 7) is 9.31. The van der Waals surface area contributed by atoms with Crippen LogP contribution in [0.4, 0.5) is 29.7 Å². The molecule has 630 valence electrons. The molecule has 2 heterocycles. The van der Waals surface area contributed by atoms with Gasteiger partial charge in [0.2, 0.25) is 17.7 Å². The van der Waals surface area contributed by atoms with Gasteiger partial charge in [0.25, 0.3) is 0 Å².